The van der Waals surface area contributed by atoms with Gasteiger partial charge in [-0.25, -0.2) is 4.98 Å². The summed E-state index contributed by atoms with van der Waals surface area (Å²) < 4.78 is 39.6. The van der Waals surface area contributed by atoms with Crippen molar-refractivity contribution >= 4 is 17.3 Å². The molecule has 8 heteroatoms. The number of alkyl halides is 3. The van der Waals surface area contributed by atoms with Crippen molar-refractivity contribution in [2.24, 2.45) is 0 Å². The smallest absolute Gasteiger partial charge is 0.340 e. The van der Waals surface area contributed by atoms with E-state index in [0.717, 1.165) is 12.1 Å². The van der Waals surface area contributed by atoms with Crippen LogP contribution < -0.4 is 5.32 Å². The molecule has 0 atom stereocenters. The van der Waals surface area contributed by atoms with E-state index < -0.39 is 11.7 Å². The Kier molecular flexibility index (Phi) is 3.00. The van der Waals surface area contributed by atoms with Crippen molar-refractivity contribution in [3.8, 4) is 0 Å². The first-order valence-corrected chi connectivity index (χ1v) is 6.05. The van der Waals surface area contributed by atoms with Gasteiger partial charge >= 0.3 is 6.18 Å². The van der Waals surface area contributed by atoms with E-state index in [1.165, 1.54) is 16.9 Å². The van der Waals surface area contributed by atoms with E-state index in [9.17, 15) is 13.2 Å². The van der Waals surface area contributed by atoms with E-state index in [-0.39, 0.29) is 0 Å². The molecule has 0 saturated heterocycles. The van der Waals surface area contributed by atoms with Gasteiger partial charge in [0, 0.05) is 17.4 Å². The summed E-state index contributed by atoms with van der Waals surface area (Å²) in [5.74, 6) is 0.874. The number of anilines is 2. The SMILES string of the molecule is Cc1cc(Nc2cccc(C(F)(F)F)c2)n2ncnc2n1. The molecule has 0 unspecified atom stereocenters. The first-order valence-electron chi connectivity index (χ1n) is 6.05. The number of benzene rings is 1. The Labute approximate surface area is 117 Å². The Hall–Kier alpha value is -2.64. The summed E-state index contributed by atoms with van der Waals surface area (Å²) in [6.07, 6.45) is -3.05. The summed E-state index contributed by atoms with van der Waals surface area (Å²) in [4.78, 5) is 8.12. The lowest BCUT2D eigenvalue weighted by Gasteiger charge is -2.11. The van der Waals surface area contributed by atoms with Crippen LogP contribution in [0.5, 0.6) is 0 Å². The van der Waals surface area contributed by atoms with Gasteiger partial charge in [0.05, 0.1) is 5.56 Å². The molecule has 2 heterocycles. The van der Waals surface area contributed by atoms with E-state index in [1.807, 2.05) is 0 Å². The number of aromatic nitrogens is 4. The molecule has 0 aliphatic rings. The zero-order valence-corrected chi connectivity index (χ0v) is 10.9. The number of hydrogen-bond acceptors (Lipinski definition) is 4. The van der Waals surface area contributed by atoms with Gasteiger partial charge in [0.1, 0.15) is 12.1 Å². The van der Waals surface area contributed by atoms with Gasteiger partial charge in [-0.1, -0.05) is 6.07 Å². The van der Waals surface area contributed by atoms with Crippen molar-refractivity contribution in [3.05, 3.63) is 47.9 Å². The first kappa shape index (κ1) is 13.3. The Morgan fingerprint density at radius 3 is 2.76 bits per heavy atom. The molecule has 0 bridgehead atoms. The highest BCUT2D eigenvalue weighted by molar-refractivity contribution is 5.59. The summed E-state index contributed by atoms with van der Waals surface area (Å²) in [6, 6.07) is 6.64. The molecular weight excluding hydrogens is 283 g/mol. The molecule has 0 radical (unpaired) electrons. The second kappa shape index (κ2) is 4.72. The second-order valence-corrected chi connectivity index (χ2v) is 4.46. The number of nitrogens with one attached hydrogen (secondary N) is 1. The third kappa shape index (κ3) is 2.64. The van der Waals surface area contributed by atoms with Crippen LogP contribution in [0.15, 0.2) is 36.7 Å². The highest BCUT2D eigenvalue weighted by Gasteiger charge is 2.30. The topological polar surface area (TPSA) is 55.1 Å². The maximum absolute atomic E-state index is 12.7. The van der Waals surface area contributed by atoms with E-state index in [0.29, 0.717) is 23.0 Å². The van der Waals surface area contributed by atoms with Gasteiger partial charge in [-0.05, 0) is 25.1 Å². The lowest BCUT2D eigenvalue weighted by atomic mass is 10.2. The molecule has 0 fully saturated rings. The Morgan fingerprint density at radius 2 is 2.00 bits per heavy atom. The third-order valence-electron chi connectivity index (χ3n) is 2.84. The number of rotatable bonds is 2. The molecule has 3 aromatic rings. The van der Waals surface area contributed by atoms with Crippen molar-refractivity contribution in [1.82, 2.24) is 19.6 Å². The van der Waals surface area contributed by atoms with Gasteiger partial charge in [-0.15, -0.1) is 0 Å². The number of fused-ring (bicyclic) bond motifs is 1. The molecule has 0 saturated carbocycles. The maximum atomic E-state index is 12.7. The predicted molar refractivity (Wildman–Crippen MR) is 70.2 cm³/mol. The van der Waals surface area contributed by atoms with Crippen LogP contribution in [0.3, 0.4) is 0 Å². The van der Waals surface area contributed by atoms with Crippen molar-refractivity contribution < 1.29 is 13.2 Å². The van der Waals surface area contributed by atoms with Crippen LogP contribution in [0.4, 0.5) is 24.7 Å². The average molecular weight is 293 g/mol. The summed E-state index contributed by atoms with van der Waals surface area (Å²) in [5.41, 5.74) is 0.283. The number of hydrogen-bond donors (Lipinski definition) is 1. The first-order chi connectivity index (χ1) is 9.93. The van der Waals surface area contributed by atoms with E-state index in [1.54, 1.807) is 19.1 Å². The number of halogens is 3. The molecular formula is C13H10F3N5. The minimum absolute atomic E-state index is 0.312. The van der Waals surface area contributed by atoms with E-state index >= 15 is 0 Å². The van der Waals surface area contributed by atoms with Gasteiger partial charge < -0.3 is 5.32 Å². The molecule has 1 N–H and O–H groups in total. The normalized spacial score (nSPS) is 11.8. The maximum Gasteiger partial charge on any atom is 0.416 e. The summed E-state index contributed by atoms with van der Waals surface area (Å²) >= 11 is 0. The molecule has 0 aliphatic heterocycles. The lowest BCUT2D eigenvalue weighted by molar-refractivity contribution is -0.137. The summed E-state index contributed by atoms with van der Waals surface area (Å²) in [6.45, 7) is 1.77. The van der Waals surface area contributed by atoms with Crippen LogP contribution in [0.2, 0.25) is 0 Å². The van der Waals surface area contributed by atoms with Crippen LogP contribution in [0.1, 0.15) is 11.3 Å². The standard InChI is InChI=1S/C13H10F3N5/c1-8-5-11(21-12(19-8)17-7-18-21)20-10-4-2-3-9(6-10)13(14,15)16/h2-7,20H,1H3. The number of aryl methyl sites for hydroxylation is 1. The van der Waals surface area contributed by atoms with Gasteiger partial charge in [-0.3, -0.25) is 0 Å². The molecule has 3 rings (SSSR count). The van der Waals surface area contributed by atoms with Crippen molar-refractivity contribution in [2.45, 2.75) is 13.1 Å². The molecule has 0 amide bonds. The average Bonchev–Trinajstić information content (AvgIpc) is 2.86. The molecule has 2 aromatic heterocycles. The van der Waals surface area contributed by atoms with Crippen LogP contribution in [0.25, 0.3) is 5.78 Å². The molecule has 1 aromatic carbocycles. The second-order valence-electron chi connectivity index (χ2n) is 4.46. The van der Waals surface area contributed by atoms with Crippen molar-refractivity contribution in [3.63, 3.8) is 0 Å². The van der Waals surface area contributed by atoms with Crippen LogP contribution in [-0.4, -0.2) is 19.6 Å². The van der Waals surface area contributed by atoms with Gasteiger partial charge in [0.25, 0.3) is 5.78 Å². The predicted octanol–water partition coefficient (Wildman–Crippen LogP) is 3.20. The molecule has 0 spiro atoms. The number of nitrogens with zero attached hydrogens (tertiary/aromatic N) is 4. The Bertz CT molecular complexity index is 794. The molecule has 108 valence electrons. The van der Waals surface area contributed by atoms with E-state index in [2.05, 4.69) is 20.4 Å². The monoisotopic (exact) mass is 293 g/mol. The third-order valence-corrected chi connectivity index (χ3v) is 2.84. The zero-order chi connectivity index (χ0) is 15.0. The fourth-order valence-corrected chi connectivity index (χ4v) is 1.94. The molecule has 5 nitrogen and oxygen atoms in total. The fraction of sp³-hybridized carbons (Fsp3) is 0.154. The molecule has 21 heavy (non-hydrogen) atoms. The van der Waals surface area contributed by atoms with Gasteiger partial charge in [0.2, 0.25) is 0 Å². The van der Waals surface area contributed by atoms with Gasteiger partial charge in [-0.2, -0.15) is 27.8 Å². The fourth-order valence-electron chi connectivity index (χ4n) is 1.94. The van der Waals surface area contributed by atoms with E-state index in [4.69, 9.17) is 0 Å². The minimum Gasteiger partial charge on any atom is -0.340 e. The Morgan fingerprint density at radius 1 is 1.19 bits per heavy atom. The highest BCUT2D eigenvalue weighted by Crippen LogP contribution is 2.31. The lowest BCUT2D eigenvalue weighted by Crippen LogP contribution is -2.06. The van der Waals surface area contributed by atoms with Crippen molar-refractivity contribution in [1.29, 1.82) is 0 Å². The summed E-state index contributed by atoms with van der Waals surface area (Å²) in [7, 11) is 0. The zero-order valence-electron chi connectivity index (χ0n) is 10.9. The van der Waals surface area contributed by atoms with Crippen LogP contribution in [-0.2, 0) is 6.18 Å². The van der Waals surface area contributed by atoms with Crippen LogP contribution >= 0.6 is 0 Å². The Balaban J connectivity index is 2.01. The summed E-state index contributed by atoms with van der Waals surface area (Å²) in [5, 5.41) is 6.89. The quantitative estimate of drug-likeness (QED) is 0.788. The minimum atomic E-state index is -4.38. The molecule has 0 aliphatic carbocycles. The van der Waals surface area contributed by atoms with Crippen molar-refractivity contribution in [2.75, 3.05) is 5.32 Å². The van der Waals surface area contributed by atoms with Crippen LogP contribution in [0, 0.1) is 6.92 Å². The highest BCUT2D eigenvalue weighted by atomic mass is 19.4. The van der Waals surface area contributed by atoms with Gasteiger partial charge in [0.15, 0.2) is 0 Å². The largest absolute Gasteiger partial charge is 0.416 e.